The first-order valence-electron chi connectivity index (χ1n) is 5.77. The van der Waals surface area contributed by atoms with Crippen molar-refractivity contribution in [3.63, 3.8) is 0 Å². The molecule has 1 aromatic heterocycles. The smallest absolute Gasteiger partial charge is 0.315 e. The number of ether oxygens (including phenoxy) is 1. The normalized spacial score (nSPS) is 11.6. The zero-order valence-corrected chi connectivity index (χ0v) is 10.6. The van der Waals surface area contributed by atoms with E-state index in [0.717, 1.165) is 5.56 Å². The predicted octanol–water partition coefficient (Wildman–Crippen LogP) is 0.370. The molecule has 0 aliphatic carbocycles. The summed E-state index contributed by atoms with van der Waals surface area (Å²) in [6.07, 6.45) is 2.61. The molecule has 0 saturated heterocycles. The number of carboxylic acid groups (broad SMARTS) is 1. The molecule has 7 nitrogen and oxygen atoms in total. The van der Waals surface area contributed by atoms with Crippen molar-refractivity contribution < 1.29 is 19.4 Å². The Morgan fingerprint density at radius 2 is 2.26 bits per heavy atom. The molecule has 2 amide bonds. The van der Waals surface area contributed by atoms with Crippen LogP contribution in [0.15, 0.2) is 24.5 Å². The molecule has 3 N–H and O–H groups in total. The zero-order valence-electron chi connectivity index (χ0n) is 10.6. The molecule has 0 saturated carbocycles. The van der Waals surface area contributed by atoms with Crippen LogP contribution in [0.4, 0.5) is 4.79 Å². The van der Waals surface area contributed by atoms with Gasteiger partial charge >= 0.3 is 12.0 Å². The summed E-state index contributed by atoms with van der Waals surface area (Å²) >= 11 is 0. The number of nitrogens with one attached hydrogen (secondary N) is 2. The monoisotopic (exact) mass is 267 g/mol. The van der Waals surface area contributed by atoms with Crippen molar-refractivity contribution >= 4 is 12.0 Å². The zero-order chi connectivity index (χ0) is 14.1. The highest BCUT2D eigenvalue weighted by Gasteiger charge is 2.13. The van der Waals surface area contributed by atoms with Crippen molar-refractivity contribution in [1.82, 2.24) is 15.6 Å². The maximum absolute atomic E-state index is 11.5. The molecule has 0 radical (unpaired) electrons. The van der Waals surface area contributed by atoms with Crippen molar-refractivity contribution in [3.8, 4) is 0 Å². The summed E-state index contributed by atoms with van der Waals surface area (Å²) in [7, 11) is 1.41. The average molecular weight is 267 g/mol. The second kappa shape index (κ2) is 8.04. The Morgan fingerprint density at radius 3 is 2.84 bits per heavy atom. The summed E-state index contributed by atoms with van der Waals surface area (Å²) < 4.78 is 4.94. The number of aliphatic carboxylic acids is 1. The lowest BCUT2D eigenvalue weighted by Gasteiger charge is -2.14. The van der Waals surface area contributed by atoms with Crippen LogP contribution in [0.1, 0.15) is 12.0 Å². The number of methoxy groups -OCH3 is 1. The van der Waals surface area contributed by atoms with Crippen LogP contribution in [0.25, 0.3) is 0 Å². The fourth-order valence-electron chi connectivity index (χ4n) is 1.39. The molecular weight excluding hydrogens is 250 g/mol. The van der Waals surface area contributed by atoms with Crippen molar-refractivity contribution in [3.05, 3.63) is 30.1 Å². The van der Waals surface area contributed by atoms with Gasteiger partial charge in [-0.05, 0) is 11.6 Å². The molecule has 0 fully saturated rings. The molecule has 1 heterocycles. The van der Waals surface area contributed by atoms with Crippen LogP contribution >= 0.6 is 0 Å². The van der Waals surface area contributed by atoms with E-state index in [9.17, 15) is 9.59 Å². The number of carbonyl (C=O) groups is 2. The van der Waals surface area contributed by atoms with E-state index in [4.69, 9.17) is 9.84 Å². The number of hydrogen-bond donors (Lipinski definition) is 3. The van der Waals surface area contributed by atoms with Gasteiger partial charge < -0.3 is 20.5 Å². The van der Waals surface area contributed by atoms with Gasteiger partial charge in [-0.3, -0.25) is 9.78 Å². The molecule has 19 heavy (non-hydrogen) atoms. The summed E-state index contributed by atoms with van der Waals surface area (Å²) in [5.41, 5.74) is 0.881. The van der Waals surface area contributed by atoms with Gasteiger partial charge in [0.15, 0.2) is 0 Å². The Morgan fingerprint density at radius 1 is 1.47 bits per heavy atom. The van der Waals surface area contributed by atoms with Crippen molar-refractivity contribution in [2.75, 3.05) is 13.7 Å². The Hall–Kier alpha value is -2.15. The summed E-state index contributed by atoms with van der Waals surface area (Å²) in [5, 5.41) is 13.8. The first-order valence-corrected chi connectivity index (χ1v) is 5.77. The maximum atomic E-state index is 11.5. The molecule has 7 heteroatoms. The fourth-order valence-corrected chi connectivity index (χ4v) is 1.39. The molecule has 1 rings (SSSR count). The standard InChI is InChI=1S/C12H17N3O4/c1-19-10(5-11(16)17)8-15-12(18)14-7-9-3-2-4-13-6-9/h2-4,6,10H,5,7-8H2,1H3,(H,16,17)(H2,14,15,18). The molecular formula is C12H17N3O4. The van der Waals surface area contributed by atoms with E-state index in [1.165, 1.54) is 7.11 Å². The Labute approximate surface area is 111 Å². The third kappa shape index (κ3) is 6.37. The summed E-state index contributed by atoms with van der Waals surface area (Å²) in [6, 6.07) is 3.24. The molecule has 0 bridgehead atoms. The minimum Gasteiger partial charge on any atom is -0.481 e. The van der Waals surface area contributed by atoms with E-state index in [2.05, 4.69) is 15.6 Å². The van der Waals surface area contributed by atoms with Gasteiger partial charge in [0.2, 0.25) is 0 Å². The van der Waals surface area contributed by atoms with Crippen LogP contribution in [0.2, 0.25) is 0 Å². The largest absolute Gasteiger partial charge is 0.481 e. The average Bonchev–Trinajstić information content (AvgIpc) is 2.42. The number of pyridine rings is 1. The SMILES string of the molecule is COC(CNC(=O)NCc1cccnc1)CC(=O)O. The van der Waals surface area contributed by atoms with Crippen LogP contribution in [-0.4, -0.2) is 41.8 Å². The fraction of sp³-hybridized carbons (Fsp3) is 0.417. The van der Waals surface area contributed by atoms with Crippen LogP contribution in [0, 0.1) is 0 Å². The van der Waals surface area contributed by atoms with E-state index in [0.29, 0.717) is 6.54 Å². The number of aromatic nitrogens is 1. The molecule has 0 spiro atoms. The maximum Gasteiger partial charge on any atom is 0.315 e. The summed E-state index contributed by atoms with van der Waals surface area (Å²) in [6.45, 7) is 0.498. The van der Waals surface area contributed by atoms with Crippen LogP contribution in [0.5, 0.6) is 0 Å². The lowest BCUT2D eigenvalue weighted by molar-refractivity contribution is -0.139. The topological polar surface area (TPSA) is 101 Å². The number of urea groups is 1. The van der Waals surface area contributed by atoms with E-state index in [-0.39, 0.29) is 19.0 Å². The minimum atomic E-state index is -0.968. The van der Waals surface area contributed by atoms with E-state index < -0.39 is 12.1 Å². The Kier molecular flexibility index (Phi) is 6.31. The van der Waals surface area contributed by atoms with Gasteiger partial charge in [0.1, 0.15) is 0 Å². The quantitative estimate of drug-likeness (QED) is 0.662. The van der Waals surface area contributed by atoms with Gasteiger partial charge in [0.25, 0.3) is 0 Å². The number of hydrogen-bond acceptors (Lipinski definition) is 4. The highest BCUT2D eigenvalue weighted by Crippen LogP contribution is 1.96. The number of amides is 2. The number of nitrogens with zero attached hydrogens (tertiary/aromatic N) is 1. The lowest BCUT2D eigenvalue weighted by Crippen LogP contribution is -2.40. The van der Waals surface area contributed by atoms with Gasteiger partial charge in [-0.2, -0.15) is 0 Å². The molecule has 1 aromatic rings. The van der Waals surface area contributed by atoms with E-state index in [1.807, 2.05) is 6.07 Å². The van der Waals surface area contributed by atoms with Crippen molar-refractivity contribution in [2.24, 2.45) is 0 Å². The summed E-state index contributed by atoms with van der Waals surface area (Å²) in [4.78, 5) is 25.9. The second-order valence-corrected chi connectivity index (χ2v) is 3.88. The number of rotatable bonds is 7. The Balaban J connectivity index is 2.25. The van der Waals surface area contributed by atoms with Crippen LogP contribution < -0.4 is 10.6 Å². The van der Waals surface area contributed by atoms with E-state index >= 15 is 0 Å². The summed E-state index contributed by atoms with van der Waals surface area (Å²) in [5.74, 6) is -0.968. The van der Waals surface area contributed by atoms with Gasteiger partial charge in [0, 0.05) is 32.6 Å². The molecule has 1 unspecified atom stereocenters. The first kappa shape index (κ1) is 14.9. The second-order valence-electron chi connectivity index (χ2n) is 3.88. The Bertz CT molecular complexity index is 411. The predicted molar refractivity (Wildman–Crippen MR) is 67.5 cm³/mol. The third-order valence-electron chi connectivity index (χ3n) is 2.40. The number of carbonyl (C=O) groups excluding carboxylic acids is 1. The van der Waals surface area contributed by atoms with Gasteiger partial charge in [-0.25, -0.2) is 4.79 Å². The van der Waals surface area contributed by atoms with Crippen LogP contribution in [-0.2, 0) is 16.1 Å². The third-order valence-corrected chi connectivity index (χ3v) is 2.40. The molecule has 104 valence electrons. The van der Waals surface area contributed by atoms with Crippen molar-refractivity contribution in [1.29, 1.82) is 0 Å². The molecule has 1 atom stereocenters. The highest BCUT2D eigenvalue weighted by atomic mass is 16.5. The van der Waals surface area contributed by atoms with E-state index in [1.54, 1.807) is 18.5 Å². The van der Waals surface area contributed by atoms with Crippen LogP contribution in [0.3, 0.4) is 0 Å². The highest BCUT2D eigenvalue weighted by molar-refractivity contribution is 5.74. The molecule has 0 aliphatic rings. The van der Waals surface area contributed by atoms with Gasteiger partial charge in [0.05, 0.1) is 12.5 Å². The molecule has 0 aromatic carbocycles. The molecule has 0 aliphatic heterocycles. The van der Waals surface area contributed by atoms with Crippen molar-refractivity contribution in [2.45, 2.75) is 19.1 Å². The first-order chi connectivity index (χ1) is 9.11. The minimum absolute atomic E-state index is 0.141. The van der Waals surface area contributed by atoms with Gasteiger partial charge in [-0.1, -0.05) is 6.07 Å². The van der Waals surface area contributed by atoms with Gasteiger partial charge in [-0.15, -0.1) is 0 Å². The lowest BCUT2D eigenvalue weighted by atomic mass is 10.2. The number of carboxylic acids is 1.